The molecule has 0 aliphatic heterocycles. The number of benzene rings is 13. The molecule has 4 heteroatoms. The van der Waals surface area contributed by atoms with Gasteiger partial charge < -0.3 is 18.9 Å². The zero-order chi connectivity index (χ0) is 63.8. The minimum atomic E-state index is -0.184. The minimum absolute atomic E-state index is 0.146. The highest BCUT2D eigenvalue weighted by molar-refractivity contribution is 6.24. The molecule has 0 atom stereocenters. The number of anilines is 6. The normalized spacial score (nSPS) is 12.3. The molecule has 0 aliphatic carbocycles. The standard InChI is InChI=1S/C89H80N4/c1-10-87(4,5)64-49-54-75-76(55-64)86(91(66-52-47-63(48-53-66)61-31-17-14-18-32-61)68-34-28-36-70(57-68)93-83-43-25-21-39-73(83)74-40-22-26-44-84(74)93)78-59-80(89(8,9)12-3)79(88(6,7)11-2)58-77(78)85(75)90(65-50-45-62(46-51-65)60-29-15-13-16-30-60)67-33-27-35-69(56-67)92-81-41-23-19-37-71(81)72-38-20-24-42-82(72)92/h13-59H,10-12H2,1-9H3. The van der Waals surface area contributed by atoms with Crippen LogP contribution < -0.4 is 9.80 Å². The number of hydrogen-bond acceptors (Lipinski definition) is 2. The van der Waals surface area contributed by atoms with Gasteiger partial charge in [0.15, 0.2) is 0 Å². The van der Waals surface area contributed by atoms with Crippen molar-refractivity contribution in [2.24, 2.45) is 0 Å². The molecule has 2 aromatic heterocycles. The molecule has 13 aromatic carbocycles. The molecule has 456 valence electrons. The molecule has 0 bridgehead atoms. The summed E-state index contributed by atoms with van der Waals surface area (Å²) in [5, 5.41) is 9.67. The van der Waals surface area contributed by atoms with E-state index in [2.05, 4.69) is 366 Å². The first-order valence-corrected chi connectivity index (χ1v) is 33.4. The fourth-order valence-electron chi connectivity index (χ4n) is 14.5. The van der Waals surface area contributed by atoms with Crippen molar-refractivity contribution in [2.75, 3.05) is 9.80 Å². The van der Waals surface area contributed by atoms with Gasteiger partial charge in [-0.3, -0.25) is 0 Å². The summed E-state index contributed by atoms with van der Waals surface area (Å²) in [6, 6.07) is 107. The van der Waals surface area contributed by atoms with Gasteiger partial charge in [-0.15, -0.1) is 0 Å². The van der Waals surface area contributed by atoms with Crippen LogP contribution in [0.5, 0.6) is 0 Å². The summed E-state index contributed by atoms with van der Waals surface area (Å²) in [4.78, 5) is 5.21. The third-order valence-corrected chi connectivity index (χ3v) is 20.9. The molecule has 0 radical (unpaired) electrons. The number of para-hydroxylation sites is 4. The maximum Gasteiger partial charge on any atom is 0.0620 e. The molecular formula is C89H80N4. The topological polar surface area (TPSA) is 16.3 Å². The lowest BCUT2D eigenvalue weighted by atomic mass is 9.70. The number of rotatable bonds is 16. The Kier molecular flexibility index (Phi) is 14.8. The van der Waals surface area contributed by atoms with Gasteiger partial charge in [0, 0.05) is 77.2 Å². The fraction of sp³-hybridized carbons (Fsp3) is 0.169. The van der Waals surface area contributed by atoms with Crippen LogP contribution in [-0.2, 0) is 16.2 Å². The maximum atomic E-state index is 2.65. The SMILES string of the molecule is CCC(C)(C)c1ccc2c(N(c3ccc(-c4ccccc4)cc3)c3cccc(-n4c5ccccc5c5ccccc54)c3)c3cc(C(C)(C)CC)c(C(C)(C)CC)cc3c(N(c3ccc(-c4ccccc4)cc3)c3cccc(-n4c5ccccc5c5ccccc54)c3)c2c1. The van der Waals surface area contributed by atoms with Gasteiger partial charge in [0.2, 0.25) is 0 Å². The Morgan fingerprint density at radius 3 is 0.968 bits per heavy atom. The summed E-state index contributed by atoms with van der Waals surface area (Å²) in [5.41, 5.74) is 21.8. The Morgan fingerprint density at radius 2 is 0.591 bits per heavy atom. The van der Waals surface area contributed by atoms with E-state index >= 15 is 0 Å². The summed E-state index contributed by atoms with van der Waals surface area (Å²) in [6.07, 6.45) is 2.91. The number of hydrogen-bond donors (Lipinski definition) is 0. The first kappa shape index (κ1) is 58.9. The van der Waals surface area contributed by atoms with Gasteiger partial charge in [-0.05, 0) is 178 Å². The van der Waals surface area contributed by atoms with Crippen LogP contribution >= 0.6 is 0 Å². The highest BCUT2D eigenvalue weighted by Gasteiger charge is 2.34. The van der Waals surface area contributed by atoms with Gasteiger partial charge in [-0.1, -0.05) is 244 Å². The van der Waals surface area contributed by atoms with Gasteiger partial charge in [-0.25, -0.2) is 0 Å². The molecule has 15 rings (SSSR count). The van der Waals surface area contributed by atoms with Crippen molar-refractivity contribution in [3.05, 3.63) is 302 Å². The molecule has 0 spiro atoms. The molecule has 15 aromatic rings. The third kappa shape index (κ3) is 10.2. The summed E-state index contributed by atoms with van der Waals surface area (Å²) in [6.45, 7) is 21.7. The lowest BCUT2D eigenvalue weighted by molar-refractivity contribution is 0.456. The first-order valence-electron chi connectivity index (χ1n) is 33.4. The lowest BCUT2D eigenvalue weighted by Crippen LogP contribution is -2.26. The Morgan fingerprint density at radius 1 is 0.258 bits per heavy atom. The van der Waals surface area contributed by atoms with Gasteiger partial charge in [0.1, 0.15) is 0 Å². The Balaban J connectivity index is 1.10. The van der Waals surface area contributed by atoms with Gasteiger partial charge in [0.25, 0.3) is 0 Å². The van der Waals surface area contributed by atoms with Crippen molar-refractivity contribution < 1.29 is 0 Å². The number of nitrogens with zero attached hydrogens (tertiary/aromatic N) is 4. The highest BCUT2D eigenvalue weighted by atomic mass is 15.2. The molecule has 0 saturated heterocycles. The molecule has 0 saturated carbocycles. The van der Waals surface area contributed by atoms with E-state index in [-0.39, 0.29) is 16.2 Å². The highest BCUT2D eigenvalue weighted by Crippen LogP contribution is 2.55. The van der Waals surface area contributed by atoms with Crippen molar-refractivity contribution in [1.82, 2.24) is 9.13 Å². The van der Waals surface area contributed by atoms with Crippen LogP contribution in [-0.4, -0.2) is 9.13 Å². The fourth-order valence-corrected chi connectivity index (χ4v) is 14.5. The lowest BCUT2D eigenvalue weighted by Gasteiger charge is -2.37. The molecular weight excluding hydrogens is 1130 g/mol. The summed E-state index contributed by atoms with van der Waals surface area (Å²) >= 11 is 0. The van der Waals surface area contributed by atoms with Crippen molar-refractivity contribution >= 4 is 99.3 Å². The minimum Gasteiger partial charge on any atom is -0.309 e. The van der Waals surface area contributed by atoms with E-state index in [9.17, 15) is 0 Å². The quantitative estimate of drug-likeness (QED) is 0.0708. The molecule has 2 heterocycles. The second-order valence-corrected chi connectivity index (χ2v) is 27.4. The van der Waals surface area contributed by atoms with Crippen LogP contribution in [0, 0.1) is 0 Å². The van der Waals surface area contributed by atoms with E-state index in [0.717, 1.165) is 70.1 Å². The van der Waals surface area contributed by atoms with Crippen molar-refractivity contribution in [2.45, 2.75) is 97.8 Å². The van der Waals surface area contributed by atoms with Gasteiger partial charge in [-0.2, -0.15) is 0 Å². The molecule has 0 N–H and O–H groups in total. The maximum absolute atomic E-state index is 2.65. The first-order chi connectivity index (χ1) is 45.2. The van der Waals surface area contributed by atoms with E-state index in [1.54, 1.807) is 0 Å². The third-order valence-electron chi connectivity index (χ3n) is 20.9. The van der Waals surface area contributed by atoms with Crippen LogP contribution in [0.2, 0.25) is 0 Å². The van der Waals surface area contributed by atoms with Crippen LogP contribution in [0.15, 0.2) is 285 Å². The largest absolute Gasteiger partial charge is 0.309 e. The average molecular weight is 1210 g/mol. The van der Waals surface area contributed by atoms with Crippen LogP contribution in [0.1, 0.15) is 98.3 Å². The predicted octanol–water partition coefficient (Wildman–Crippen LogP) is 25.5. The number of fused-ring (bicyclic) bond motifs is 8. The zero-order valence-corrected chi connectivity index (χ0v) is 55.0. The van der Waals surface area contributed by atoms with Crippen LogP contribution in [0.25, 0.3) is 98.8 Å². The van der Waals surface area contributed by atoms with Crippen LogP contribution in [0.3, 0.4) is 0 Å². The van der Waals surface area contributed by atoms with E-state index in [1.807, 2.05) is 0 Å². The molecule has 93 heavy (non-hydrogen) atoms. The average Bonchev–Trinajstić information content (AvgIpc) is 1.48. The predicted molar refractivity (Wildman–Crippen MR) is 400 cm³/mol. The van der Waals surface area contributed by atoms with E-state index in [0.29, 0.717) is 0 Å². The Hall–Kier alpha value is -10.4. The monoisotopic (exact) mass is 1200 g/mol. The second kappa shape index (κ2) is 23.4. The summed E-state index contributed by atoms with van der Waals surface area (Å²) in [5.74, 6) is 0. The molecule has 0 amide bonds. The van der Waals surface area contributed by atoms with E-state index in [1.165, 1.54) is 98.7 Å². The number of aromatic nitrogens is 2. The van der Waals surface area contributed by atoms with Crippen molar-refractivity contribution in [1.29, 1.82) is 0 Å². The molecule has 4 nitrogen and oxygen atoms in total. The van der Waals surface area contributed by atoms with Gasteiger partial charge in [0.05, 0.1) is 33.4 Å². The van der Waals surface area contributed by atoms with Crippen molar-refractivity contribution in [3.8, 4) is 33.6 Å². The van der Waals surface area contributed by atoms with E-state index in [4.69, 9.17) is 0 Å². The molecule has 0 aliphatic rings. The van der Waals surface area contributed by atoms with E-state index < -0.39 is 0 Å². The zero-order valence-electron chi connectivity index (χ0n) is 55.0. The smallest absolute Gasteiger partial charge is 0.0620 e. The molecule has 0 unspecified atom stereocenters. The van der Waals surface area contributed by atoms with Crippen LogP contribution in [0.4, 0.5) is 34.1 Å². The second-order valence-electron chi connectivity index (χ2n) is 27.4. The Bertz CT molecular complexity index is 5190. The summed E-state index contributed by atoms with van der Waals surface area (Å²) in [7, 11) is 0. The van der Waals surface area contributed by atoms with Gasteiger partial charge >= 0.3 is 0 Å². The molecule has 0 fully saturated rings. The summed E-state index contributed by atoms with van der Waals surface area (Å²) < 4.78 is 4.92. The Labute approximate surface area is 548 Å². The van der Waals surface area contributed by atoms with Crippen molar-refractivity contribution in [3.63, 3.8) is 0 Å².